The average molecular weight is 228 g/mol. The largest absolute Gasteiger partial charge is 0.360 e. The molecule has 1 heterocycles. The molecule has 0 atom stereocenters. The van der Waals surface area contributed by atoms with Gasteiger partial charge in [0.15, 0.2) is 0 Å². The predicted octanol–water partition coefficient (Wildman–Crippen LogP) is 1.99. The van der Waals surface area contributed by atoms with Crippen molar-refractivity contribution < 1.29 is 0 Å². The zero-order valence-electron chi connectivity index (χ0n) is 9.79. The fourth-order valence-electron chi connectivity index (χ4n) is 1.41. The summed E-state index contributed by atoms with van der Waals surface area (Å²) in [5, 5.41) is 4.22. The van der Waals surface area contributed by atoms with Crippen molar-refractivity contribution >= 4 is 16.7 Å². The number of nitrogens with zero attached hydrogens (tertiary/aromatic N) is 3. The Morgan fingerprint density at radius 2 is 2.07 bits per heavy atom. The van der Waals surface area contributed by atoms with Gasteiger partial charge < -0.3 is 10.2 Å². The predicted molar refractivity (Wildman–Crippen MR) is 65.5 cm³/mol. The van der Waals surface area contributed by atoms with E-state index >= 15 is 0 Å². The molecule has 1 aromatic rings. The van der Waals surface area contributed by atoms with Gasteiger partial charge in [-0.1, -0.05) is 13.8 Å². The normalized spacial score (nSPS) is 10.9. The number of hydrogen-bond acceptors (Lipinski definition) is 5. The lowest BCUT2D eigenvalue weighted by atomic mass is 10.3. The number of rotatable bonds is 7. The van der Waals surface area contributed by atoms with E-state index in [2.05, 4.69) is 33.4 Å². The summed E-state index contributed by atoms with van der Waals surface area (Å²) in [6.45, 7) is 10.7. The smallest absolute Gasteiger partial charge is 0.202 e. The highest BCUT2D eigenvalue weighted by molar-refractivity contribution is 7.09. The van der Waals surface area contributed by atoms with E-state index in [1.165, 1.54) is 11.5 Å². The van der Waals surface area contributed by atoms with Gasteiger partial charge in [0, 0.05) is 18.1 Å². The molecule has 0 aliphatic carbocycles. The Morgan fingerprint density at radius 3 is 2.60 bits per heavy atom. The zero-order valence-corrected chi connectivity index (χ0v) is 10.6. The van der Waals surface area contributed by atoms with Gasteiger partial charge in [0.2, 0.25) is 5.13 Å². The maximum Gasteiger partial charge on any atom is 0.202 e. The molecule has 0 unspecified atom stereocenters. The molecule has 0 aromatic carbocycles. The summed E-state index contributed by atoms with van der Waals surface area (Å²) in [5.74, 6) is 0.853. The van der Waals surface area contributed by atoms with Gasteiger partial charge >= 0.3 is 0 Å². The standard InChI is InChI=1S/C10H20N4S/c1-4-14(5-2)8-6-7-11-10-12-9(3)13-15-10/h4-8H2,1-3H3,(H,11,12,13). The third-order valence-electron chi connectivity index (χ3n) is 2.35. The summed E-state index contributed by atoms with van der Waals surface area (Å²) in [6.07, 6.45) is 1.15. The van der Waals surface area contributed by atoms with Gasteiger partial charge in [0.05, 0.1) is 0 Å². The first-order chi connectivity index (χ1) is 7.26. The summed E-state index contributed by atoms with van der Waals surface area (Å²) < 4.78 is 4.12. The number of aromatic nitrogens is 2. The Bertz CT molecular complexity index is 270. The fraction of sp³-hybridized carbons (Fsp3) is 0.800. The molecule has 5 heteroatoms. The highest BCUT2D eigenvalue weighted by Crippen LogP contribution is 2.09. The molecule has 0 amide bonds. The van der Waals surface area contributed by atoms with Crippen LogP contribution in [0.4, 0.5) is 5.13 Å². The van der Waals surface area contributed by atoms with E-state index < -0.39 is 0 Å². The Kier molecular flexibility index (Phi) is 5.57. The molecule has 4 nitrogen and oxygen atoms in total. The topological polar surface area (TPSA) is 41.0 Å². The van der Waals surface area contributed by atoms with E-state index in [9.17, 15) is 0 Å². The lowest BCUT2D eigenvalue weighted by Gasteiger charge is -2.17. The molecule has 0 radical (unpaired) electrons. The van der Waals surface area contributed by atoms with Crippen LogP contribution in [0.25, 0.3) is 0 Å². The maximum absolute atomic E-state index is 4.25. The molecule has 1 rings (SSSR count). The lowest BCUT2D eigenvalue weighted by molar-refractivity contribution is 0.303. The Balaban J connectivity index is 2.11. The molecule has 0 spiro atoms. The van der Waals surface area contributed by atoms with Gasteiger partial charge in [0.1, 0.15) is 5.82 Å². The number of aryl methyl sites for hydroxylation is 1. The van der Waals surface area contributed by atoms with Crippen LogP contribution in [0.2, 0.25) is 0 Å². The minimum absolute atomic E-state index is 0.853. The van der Waals surface area contributed by atoms with Gasteiger partial charge in [-0.05, 0) is 33.0 Å². The first kappa shape index (κ1) is 12.4. The fourth-order valence-corrected chi connectivity index (χ4v) is 2.01. The van der Waals surface area contributed by atoms with E-state index in [4.69, 9.17) is 0 Å². The van der Waals surface area contributed by atoms with E-state index in [0.29, 0.717) is 0 Å². The van der Waals surface area contributed by atoms with Crippen molar-refractivity contribution in [2.75, 3.05) is 31.5 Å². The second kappa shape index (κ2) is 6.74. The second-order valence-corrected chi connectivity index (χ2v) is 4.21. The van der Waals surface area contributed by atoms with Crippen LogP contribution in [0.1, 0.15) is 26.1 Å². The molecule has 0 saturated carbocycles. The zero-order chi connectivity index (χ0) is 11.1. The molecule has 86 valence electrons. The lowest BCUT2D eigenvalue weighted by Crippen LogP contribution is -2.25. The van der Waals surface area contributed by atoms with Crippen LogP contribution in [0.3, 0.4) is 0 Å². The number of nitrogens with one attached hydrogen (secondary N) is 1. The van der Waals surface area contributed by atoms with Crippen LogP contribution in [0.5, 0.6) is 0 Å². The summed E-state index contributed by atoms with van der Waals surface area (Å²) in [4.78, 5) is 6.67. The SMILES string of the molecule is CCN(CC)CCCNc1nc(C)ns1. The molecular weight excluding hydrogens is 208 g/mol. The molecule has 1 aromatic heterocycles. The van der Waals surface area contributed by atoms with Crippen LogP contribution in [-0.2, 0) is 0 Å². The van der Waals surface area contributed by atoms with Gasteiger partial charge in [-0.15, -0.1) is 0 Å². The minimum Gasteiger partial charge on any atom is -0.360 e. The second-order valence-electron chi connectivity index (χ2n) is 3.45. The van der Waals surface area contributed by atoms with Crippen molar-refractivity contribution in [1.82, 2.24) is 14.3 Å². The summed E-state index contributed by atoms with van der Waals surface area (Å²) in [5.41, 5.74) is 0. The quantitative estimate of drug-likeness (QED) is 0.725. The third kappa shape index (κ3) is 4.57. The molecule has 15 heavy (non-hydrogen) atoms. The van der Waals surface area contributed by atoms with Crippen LogP contribution in [0, 0.1) is 6.92 Å². The Morgan fingerprint density at radius 1 is 1.33 bits per heavy atom. The average Bonchev–Trinajstić information content (AvgIpc) is 2.65. The third-order valence-corrected chi connectivity index (χ3v) is 3.11. The molecule has 0 aliphatic heterocycles. The van der Waals surface area contributed by atoms with E-state index in [-0.39, 0.29) is 0 Å². The maximum atomic E-state index is 4.25. The van der Waals surface area contributed by atoms with Crippen molar-refractivity contribution in [2.24, 2.45) is 0 Å². The molecular formula is C10H20N4S. The molecule has 0 saturated heterocycles. The number of hydrogen-bond donors (Lipinski definition) is 1. The van der Waals surface area contributed by atoms with E-state index in [1.54, 1.807) is 0 Å². The molecule has 0 bridgehead atoms. The van der Waals surface area contributed by atoms with E-state index in [0.717, 1.165) is 43.6 Å². The number of anilines is 1. The summed E-state index contributed by atoms with van der Waals surface area (Å²) in [7, 11) is 0. The monoisotopic (exact) mass is 228 g/mol. The van der Waals surface area contributed by atoms with Crippen LogP contribution in [0.15, 0.2) is 0 Å². The Hall–Kier alpha value is -0.680. The van der Waals surface area contributed by atoms with Crippen molar-refractivity contribution in [3.05, 3.63) is 5.82 Å². The highest BCUT2D eigenvalue weighted by Gasteiger charge is 2.00. The molecule has 1 N–H and O–H groups in total. The van der Waals surface area contributed by atoms with E-state index in [1.807, 2.05) is 6.92 Å². The first-order valence-corrected chi connectivity index (χ1v) is 6.30. The summed E-state index contributed by atoms with van der Waals surface area (Å²) in [6, 6.07) is 0. The van der Waals surface area contributed by atoms with Crippen LogP contribution < -0.4 is 5.32 Å². The van der Waals surface area contributed by atoms with Crippen molar-refractivity contribution in [1.29, 1.82) is 0 Å². The van der Waals surface area contributed by atoms with Crippen molar-refractivity contribution in [3.63, 3.8) is 0 Å². The minimum atomic E-state index is 0.853. The van der Waals surface area contributed by atoms with Gasteiger partial charge in [0.25, 0.3) is 0 Å². The Labute approximate surface area is 95.9 Å². The van der Waals surface area contributed by atoms with Crippen LogP contribution in [-0.4, -0.2) is 40.4 Å². The van der Waals surface area contributed by atoms with Crippen molar-refractivity contribution in [3.8, 4) is 0 Å². The molecule has 0 fully saturated rings. The first-order valence-electron chi connectivity index (χ1n) is 5.52. The highest BCUT2D eigenvalue weighted by atomic mass is 32.1. The van der Waals surface area contributed by atoms with Gasteiger partial charge in [-0.25, -0.2) is 4.98 Å². The van der Waals surface area contributed by atoms with Gasteiger partial charge in [-0.3, -0.25) is 0 Å². The van der Waals surface area contributed by atoms with Gasteiger partial charge in [-0.2, -0.15) is 4.37 Å². The van der Waals surface area contributed by atoms with Crippen LogP contribution >= 0.6 is 11.5 Å². The summed E-state index contributed by atoms with van der Waals surface area (Å²) >= 11 is 1.43. The molecule has 0 aliphatic rings. The van der Waals surface area contributed by atoms with Crippen molar-refractivity contribution in [2.45, 2.75) is 27.2 Å².